The summed E-state index contributed by atoms with van der Waals surface area (Å²) >= 11 is 0. The Hall–Kier alpha value is -0.540. The fraction of sp³-hybridized carbons (Fsp3) is 0.895. The Balaban J connectivity index is 1.59. The van der Waals surface area contributed by atoms with Gasteiger partial charge in [0.05, 0.1) is 13.2 Å². The predicted octanol–water partition coefficient (Wildman–Crippen LogP) is 2.13. The Morgan fingerprint density at radius 3 is 1.96 bits per heavy atom. The number of hydrogen-bond donors (Lipinski definition) is 0. The maximum Gasteiger partial charge on any atom is 0.164 e. The third-order valence-corrected chi connectivity index (χ3v) is 5.24. The Bertz CT molecular complexity index is 584. The van der Waals surface area contributed by atoms with E-state index in [-0.39, 0.29) is 36.6 Å². The van der Waals surface area contributed by atoms with E-state index in [1.54, 1.807) is 0 Å². The van der Waals surface area contributed by atoms with Crippen LogP contribution in [0.1, 0.15) is 41.5 Å². The summed E-state index contributed by atoms with van der Waals surface area (Å²) in [7, 11) is 0. The molecule has 4 aliphatic rings. The van der Waals surface area contributed by atoms with Crippen LogP contribution in [0.3, 0.4) is 0 Å². The van der Waals surface area contributed by atoms with Crippen molar-refractivity contribution in [1.29, 1.82) is 0 Å². The molecule has 0 radical (unpaired) electrons. The van der Waals surface area contributed by atoms with E-state index in [9.17, 15) is 0 Å². The molecule has 7 nitrogen and oxygen atoms in total. The zero-order chi connectivity index (χ0) is 18.9. The fourth-order valence-corrected chi connectivity index (χ4v) is 4.15. The summed E-state index contributed by atoms with van der Waals surface area (Å²) in [6.45, 7) is 16.4. The van der Waals surface area contributed by atoms with Gasteiger partial charge in [0.15, 0.2) is 17.4 Å². The van der Waals surface area contributed by atoms with Gasteiger partial charge in [-0.1, -0.05) is 6.58 Å². The fourth-order valence-electron chi connectivity index (χ4n) is 4.15. The highest BCUT2D eigenvalue weighted by Crippen LogP contribution is 2.45. The molecule has 4 heterocycles. The standard InChI is InChI=1S/C19H30O7/c1-10-8-20-18(4,5)24-12(10)14-16-15(25-19(6,7)26-16)13(22-14)11-9-21-17(2,3)23-11/h11-16H,1,8-9H2,2-7H3/t11-,12+,13-,14-,15+,16-/m1/s1. The van der Waals surface area contributed by atoms with Crippen molar-refractivity contribution in [1.82, 2.24) is 0 Å². The first-order chi connectivity index (χ1) is 12.0. The number of rotatable bonds is 2. The first kappa shape index (κ1) is 18.8. The second-order valence-corrected chi connectivity index (χ2v) is 8.88. The summed E-state index contributed by atoms with van der Waals surface area (Å²) in [5, 5.41) is 0. The molecule has 4 fully saturated rings. The van der Waals surface area contributed by atoms with Crippen molar-refractivity contribution < 1.29 is 33.2 Å². The Kier molecular flexibility index (Phi) is 4.32. The lowest BCUT2D eigenvalue weighted by Gasteiger charge is -2.40. The molecule has 4 rings (SSSR count). The van der Waals surface area contributed by atoms with Crippen LogP contribution in [0.25, 0.3) is 0 Å². The molecule has 0 amide bonds. The van der Waals surface area contributed by atoms with Gasteiger partial charge in [-0.3, -0.25) is 0 Å². The molecule has 0 aromatic heterocycles. The van der Waals surface area contributed by atoms with Gasteiger partial charge in [0.25, 0.3) is 0 Å². The van der Waals surface area contributed by atoms with Gasteiger partial charge in [0, 0.05) is 0 Å². The average Bonchev–Trinajstić information content (AvgIpc) is 3.12. The monoisotopic (exact) mass is 370 g/mol. The first-order valence-corrected chi connectivity index (χ1v) is 9.29. The molecule has 4 saturated heterocycles. The minimum Gasteiger partial charge on any atom is -0.363 e. The van der Waals surface area contributed by atoms with Crippen LogP contribution in [-0.4, -0.2) is 67.2 Å². The summed E-state index contributed by atoms with van der Waals surface area (Å²) in [6.07, 6.45) is -1.70. The Morgan fingerprint density at radius 2 is 1.35 bits per heavy atom. The van der Waals surface area contributed by atoms with Crippen LogP contribution >= 0.6 is 0 Å². The summed E-state index contributed by atoms with van der Waals surface area (Å²) in [5.74, 6) is -2.02. The molecule has 0 unspecified atom stereocenters. The molecule has 0 aromatic rings. The van der Waals surface area contributed by atoms with Gasteiger partial charge in [-0.2, -0.15) is 0 Å². The topological polar surface area (TPSA) is 64.6 Å². The molecule has 0 aromatic carbocycles. The average molecular weight is 370 g/mol. The lowest BCUT2D eigenvalue weighted by Crippen LogP contribution is -2.50. The summed E-state index contributed by atoms with van der Waals surface area (Å²) in [6, 6.07) is 0. The molecule has 148 valence electrons. The van der Waals surface area contributed by atoms with Crippen molar-refractivity contribution >= 4 is 0 Å². The van der Waals surface area contributed by atoms with E-state index < -0.39 is 17.4 Å². The second-order valence-electron chi connectivity index (χ2n) is 8.88. The van der Waals surface area contributed by atoms with Crippen molar-refractivity contribution in [2.45, 2.75) is 95.5 Å². The maximum atomic E-state index is 6.41. The van der Waals surface area contributed by atoms with Gasteiger partial charge in [0.2, 0.25) is 0 Å². The predicted molar refractivity (Wildman–Crippen MR) is 91.4 cm³/mol. The molecule has 0 aliphatic carbocycles. The zero-order valence-corrected chi connectivity index (χ0v) is 16.4. The van der Waals surface area contributed by atoms with Gasteiger partial charge in [-0.25, -0.2) is 0 Å². The molecule has 0 saturated carbocycles. The first-order valence-electron chi connectivity index (χ1n) is 9.29. The van der Waals surface area contributed by atoms with Crippen LogP contribution in [-0.2, 0) is 33.2 Å². The lowest BCUT2D eigenvalue weighted by molar-refractivity contribution is -0.282. The third kappa shape index (κ3) is 3.35. The highest BCUT2D eigenvalue weighted by molar-refractivity contribution is 5.15. The lowest BCUT2D eigenvalue weighted by atomic mass is 9.97. The summed E-state index contributed by atoms with van der Waals surface area (Å²) < 4.78 is 42.4. The van der Waals surface area contributed by atoms with Gasteiger partial charge in [0.1, 0.15) is 36.6 Å². The van der Waals surface area contributed by atoms with Crippen LogP contribution in [0.15, 0.2) is 12.2 Å². The Labute approximate surface area is 154 Å². The van der Waals surface area contributed by atoms with Crippen LogP contribution < -0.4 is 0 Å². The van der Waals surface area contributed by atoms with Crippen molar-refractivity contribution in [3.05, 3.63) is 12.2 Å². The molecule has 4 aliphatic heterocycles. The van der Waals surface area contributed by atoms with E-state index in [1.165, 1.54) is 0 Å². The summed E-state index contributed by atoms with van der Waals surface area (Å²) in [5.41, 5.74) is 0.839. The normalized spacial score (nSPS) is 46.5. The molecule has 0 spiro atoms. The van der Waals surface area contributed by atoms with E-state index in [0.29, 0.717) is 13.2 Å². The quantitative estimate of drug-likeness (QED) is 0.690. The minimum absolute atomic E-state index is 0.221. The van der Waals surface area contributed by atoms with Gasteiger partial charge < -0.3 is 33.2 Å². The maximum absolute atomic E-state index is 6.41. The molecule has 26 heavy (non-hydrogen) atoms. The van der Waals surface area contributed by atoms with Crippen molar-refractivity contribution in [2.24, 2.45) is 0 Å². The van der Waals surface area contributed by atoms with E-state index in [4.69, 9.17) is 33.2 Å². The van der Waals surface area contributed by atoms with Crippen molar-refractivity contribution in [3.63, 3.8) is 0 Å². The number of ether oxygens (including phenoxy) is 7. The van der Waals surface area contributed by atoms with Crippen molar-refractivity contribution in [2.75, 3.05) is 13.2 Å². The third-order valence-electron chi connectivity index (χ3n) is 5.24. The highest BCUT2D eigenvalue weighted by Gasteiger charge is 2.61. The zero-order valence-electron chi connectivity index (χ0n) is 16.4. The van der Waals surface area contributed by atoms with Crippen LogP contribution in [0.2, 0.25) is 0 Å². The molecule has 7 heteroatoms. The molecule has 0 N–H and O–H groups in total. The van der Waals surface area contributed by atoms with Crippen molar-refractivity contribution in [3.8, 4) is 0 Å². The Morgan fingerprint density at radius 1 is 0.731 bits per heavy atom. The van der Waals surface area contributed by atoms with Gasteiger partial charge in [-0.05, 0) is 47.1 Å². The number of hydrogen-bond acceptors (Lipinski definition) is 7. The SMILES string of the molecule is C=C1COC(C)(C)O[C@@H]1[C@H]1O[C@H]([C@H]2COC(C)(C)O2)[C@@H]2OC(C)(C)O[C@@H]21. The van der Waals surface area contributed by atoms with Crippen LogP contribution in [0.4, 0.5) is 0 Å². The molecular formula is C19H30O7. The largest absolute Gasteiger partial charge is 0.363 e. The highest BCUT2D eigenvalue weighted by atomic mass is 16.8. The van der Waals surface area contributed by atoms with E-state index in [2.05, 4.69) is 6.58 Å². The number of fused-ring (bicyclic) bond motifs is 1. The summed E-state index contributed by atoms with van der Waals surface area (Å²) in [4.78, 5) is 0. The minimum atomic E-state index is -0.702. The second kappa shape index (κ2) is 5.98. The molecule has 6 atom stereocenters. The van der Waals surface area contributed by atoms with Crippen LogP contribution in [0.5, 0.6) is 0 Å². The van der Waals surface area contributed by atoms with E-state index in [1.807, 2.05) is 41.5 Å². The molecular weight excluding hydrogens is 340 g/mol. The van der Waals surface area contributed by atoms with Crippen LogP contribution in [0, 0.1) is 0 Å². The van der Waals surface area contributed by atoms with E-state index in [0.717, 1.165) is 5.57 Å². The van der Waals surface area contributed by atoms with E-state index >= 15 is 0 Å². The van der Waals surface area contributed by atoms with Gasteiger partial charge in [-0.15, -0.1) is 0 Å². The smallest absolute Gasteiger partial charge is 0.164 e. The molecule has 0 bridgehead atoms. The van der Waals surface area contributed by atoms with Gasteiger partial charge >= 0.3 is 0 Å².